The van der Waals surface area contributed by atoms with Crippen molar-refractivity contribution < 1.29 is 14.6 Å². The first-order valence-electron chi connectivity index (χ1n) is 5.22. The lowest BCUT2D eigenvalue weighted by Crippen LogP contribution is -2.42. The minimum Gasteiger partial charge on any atom is -0.480 e. The predicted octanol–water partition coefficient (Wildman–Crippen LogP) is 0.176. The molecule has 2 N–H and O–H groups in total. The summed E-state index contributed by atoms with van der Waals surface area (Å²) in [5.74, 6) is -0.0476. The number of aliphatic carboxylic acids is 1. The topological polar surface area (TPSA) is 78.4 Å². The van der Waals surface area contributed by atoms with Gasteiger partial charge in [0, 0.05) is 18.4 Å². The van der Waals surface area contributed by atoms with Gasteiger partial charge in [-0.25, -0.2) is 4.98 Å². The smallest absolute Gasteiger partial charge is 0.317 e. The number of nitrogens with zero attached hydrogens (tertiary/aromatic N) is 2. The number of morpholine rings is 1. The van der Waals surface area contributed by atoms with E-state index in [1.807, 2.05) is 11.8 Å². The Hall–Kier alpha value is -1.40. The van der Waals surface area contributed by atoms with Crippen LogP contribution in [-0.2, 0) is 9.53 Å². The Kier molecular flexibility index (Phi) is 3.21. The van der Waals surface area contributed by atoms with Crippen molar-refractivity contribution in [3.63, 3.8) is 0 Å². The molecular formula is C10H15N3O3. The van der Waals surface area contributed by atoms with Crippen LogP contribution in [0.4, 0.5) is 0 Å². The van der Waals surface area contributed by atoms with Crippen molar-refractivity contribution in [2.45, 2.75) is 13.0 Å². The maximum absolute atomic E-state index is 10.7. The second-order valence-corrected chi connectivity index (χ2v) is 3.91. The van der Waals surface area contributed by atoms with Gasteiger partial charge in [0.1, 0.15) is 5.82 Å². The molecule has 2 rings (SSSR count). The molecule has 1 atom stereocenters. The molecule has 0 bridgehead atoms. The van der Waals surface area contributed by atoms with E-state index in [9.17, 15) is 4.79 Å². The van der Waals surface area contributed by atoms with Crippen molar-refractivity contribution in [2.75, 3.05) is 26.3 Å². The van der Waals surface area contributed by atoms with Crippen LogP contribution in [0.3, 0.4) is 0 Å². The van der Waals surface area contributed by atoms with Gasteiger partial charge in [0.15, 0.2) is 0 Å². The summed E-state index contributed by atoms with van der Waals surface area (Å²) in [6.07, 6.45) is 1.74. The van der Waals surface area contributed by atoms with E-state index >= 15 is 0 Å². The number of carboxylic acids is 1. The summed E-state index contributed by atoms with van der Waals surface area (Å²) in [5.41, 5.74) is 0.968. The number of imidazole rings is 1. The van der Waals surface area contributed by atoms with E-state index in [2.05, 4.69) is 9.97 Å². The van der Waals surface area contributed by atoms with Crippen molar-refractivity contribution in [3.8, 4) is 0 Å². The zero-order valence-electron chi connectivity index (χ0n) is 9.14. The Labute approximate surface area is 93.2 Å². The predicted molar refractivity (Wildman–Crippen MR) is 56.1 cm³/mol. The minimum absolute atomic E-state index is 0.0216. The molecule has 0 radical (unpaired) electrons. The van der Waals surface area contributed by atoms with Crippen molar-refractivity contribution in [2.24, 2.45) is 0 Å². The SMILES string of the molecule is Cc1cnc([C@H]2COCCN2CC(=O)O)[nH]1. The second-order valence-electron chi connectivity index (χ2n) is 3.91. The average molecular weight is 225 g/mol. The number of rotatable bonds is 3. The minimum atomic E-state index is -0.824. The standard InChI is InChI=1S/C10H15N3O3/c1-7-4-11-10(12-7)8-6-16-3-2-13(8)5-9(14)15/h4,8H,2-3,5-6H2,1H3,(H,11,12)(H,14,15)/t8-/m1/s1. The molecule has 16 heavy (non-hydrogen) atoms. The molecule has 1 saturated heterocycles. The second kappa shape index (κ2) is 4.63. The fourth-order valence-electron chi connectivity index (χ4n) is 1.86. The van der Waals surface area contributed by atoms with Gasteiger partial charge in [0.25, 0.3) is 0 Å². The number of hydrogen-bond acceptors (Lipinski definition) is 4. The lowest BCUT2D eigenvalue weighted by Gasteiger charge is -2.32. The summed E-state index contributed by atoms with van der Waals surface area (Å²) in [5, 5.41) is 8.82. The molecule has 1 fully saturated rings. The fraction of sp³-hybridized carbons (Fsp3) is 0.600. The summed E-state index contributed by atoms with van der Waals surface area (Å²) in [7, 11) is 0. The van der Waals surface area contributed by atoms with Crippen molar-refractivity contribution in [3.05, 3.63) is 17.7 Å². The van der Waals surface area contributed by atoms with E-state index in [-0.39, 0.29) is 12.6 Å². The van der Waals surface area contributed by atoms with Gasteiger partial charge in [-0.1, -0.05) is 0 Å². The average Bonchev–Trinajstić information content (AvgIpc) is 2.65. The van der Waals surface area contributed by atoms with Crippen LogP contribution in [0.15, 0.2) is 6.20 Å². The Morgan fingerprint density at radius 3 is 3.25 bits per heavy atom. The van der Waals surface area contributed by atoms with Gasteiger partial charge in [0.05, 0.1) is 25.8 Å². The van der Waals surface area contributed by atoms with Gasteiger partial charge in [-0.15, -0.1) is 0 Å². The third kappa shape index (κ3) is 2.40. The number of aryl methyl sites for hydroxylation is 1. The highest BCUT2D eigenvalue weighted by Crippen LogP contribution is 2.21. The highest BCUT2D eigenvalue weighted by molar-refractivity contribution is 5.69. The molecule has 2 heterocycles. The number of H-pyrrole nitrogens is 1. The molecule has 6 nitrogen and oxygen atoms in total. The first kappa shape index (κ1) is 11.1. The van der Waals surface area contributed by atoms with Crippen molar-refractivity contribution in [1.29, 1.82) is 0 Å². The van der Waals surface area contributed by atoms with Crippen molar-refractivity contribution in [1.82, 2.24) is 14.9 Å². The Morgan fingerprint density at radius 1 is 1.81 bits per heavy atom. The molecule has 1 aliphatic rings. The summed E-state index contributed by atoms with van der Waals surface area (Å²) in [4.78, 5) is 20.0. The monoisotopic (exact) mass is 225 g/mol. The van der Waals surface area contributed by atoms with E-state index in [0.717, 1.165) is 11.5 Å². The molecule has 1 aromatic heterocycles. The fourth-order valence-corrected chi connectivity index (χ4v) is 1.86. The van der Waals surface area contributed by atoms with E-state index < -0.39 is 5.97 Å². The number of aromatic amines is 1. The van der Waals surface area contributed by atoms with E-state index in [1.54, 1.807) is 6.20 Å². The van der Waals surface area contributed by atoms with Crippen LogP contribution in [0.1, 0.15) is 17.6 Å². The molecule has 1 aliphatic heterocycles. The normalized spacial score (nSPS) is 22.2. The molecule has 0 unspecified atom stereocenters. The highest BCUT2D eigenvalue weighted by Gasteiger charge is 2.28. The number of ether oxygens (including phenoxy) is 1. The van der Waals surface area contributed by atoms with Crippen LogP contribution in [-0.4, -0.2) is 52.2 Å². The third-order valence-corrected chi connectivity index (χ3v) is 2.62. The van der Waals surface area contributed by atoms with Crippen LogP contribution < -0.4 is 0 Å². The lowest BCUT2D eigenvalue weighted by molar-refractivity contribution is -0.140. The van der Waals surface area contributed by atoms with Crippen LogP contribution in [0.5, 0.6) is 0 Å². The molecule has 0 amide bonds. The molecule has 88 valence electrons. The molecule has 0 aliphatic carbocycles. The number of carboxylic acid groups (broad SMARTS) is 1. The zero-order valence-corrected chi connectivity index (χ0v) is 9.14. The summed E-state index contributed by atoms with van der Waals surface area (Å²) in [6.45, 7) is 3.62. The van der Waals surface area contributed by atoms with Gasteiger partial charge in [0.2, 0.25) is 0 Å². The van der Waals surface area contributed by atoms with E-state index in [0.29, 0.717) is 19.8 Å². The first-order valence-corrected chi connectivity index (χ1v) is 5.22. The maximum Gasteiger partial charge on any atom is 0.317 e. The van der Waals surface area contributed by atoms with Crippen LogP contribution in [0.25, 0.3) is 0 Å². The Bertz CT molecular complexity index is 377. The lowest BCUT2D eigenvalue weighted by atomic mass is 10.2. The summed E-state index contributed by atoms with van der Waals surface area (Å²) >= 11 is 0. The third-order valence-electron chi connectivity index (χ3n) is 2.62. The van der Waals surface area contributed by atoms with Crippen LogP contribution >= 0.6 is 0 Å². The molecule has 6 heteroatoms. The molecule has 0 spiro atoms. The maximum atomic E-state index is 10.7. The van der Waals surface area contributed by atoms with Gasteiger partial charge in [-0.2, -0.15) is 0 Å². The van der Waals surface area contributed by atoms with Gasteiger partial charge < -0.3 is 14.8 Å². The van der Waals surface area contributed by atoms with Crippen molar-refractivity contribution >= 4 is 5.97 Å². The molecule has 0 aromatic carbocycles. The molecule has 0 saturated carbocycles. The van der Waals surface area contributed by atoms with Crippen LogP contribution in [0, 0.1) is 6.92 Å². The number of aromatic nitrogens is 2. The van der Waals surface area contributed by atoms with E-state index in [1.165, 1.54) is 0 Å². The van der Waals surface area contributed by atoms with Gasteiger partial charge in [-0.3, -0.25) is 9.69 Å². The Morgan fingerprint density at radius 2 is 2.62 bits per heavy atom. The quantitative estimate of drug-likeness (QED) is 0.767. The number of carbonyl (C=O) groups is 1. The van der Waals surface area contributed by atoms with Crippen LogP contribution in [0.2, 0.25) is 0 Å². The van der Waals surface area contributed by atoms with E-state index in [4.69, 9.17) is 9.84 Å². The molecule has 1 aromatic rings. The number of nitrogens with one attached hydrogen (secondary N) is 1. The summed E-state index contributed by atoms with van der Waals surface area (Å²) in [6, 6.07) is -0.0847. The zero-order chi connectivity index (χ0) is 11.5. The van der Waals surface area contributed by atoms with Gasteiger partial charge in [-0.05, 0) is 6.92 Å². The Balaban J connectivity index is 2.12. The molecular weight excluding hydrogens is 210 g/mol. The first-order chi connectivity index (χ1) is 7.66. The summed E-state index contributed by atoms with van der Waals surface area (Å²) < 4.78 is 5.36. The largest absolute Gasteiger partial charge is 0.480 e. The highest BCUT2D eigenvalue weighted by atomic mass is 16.5. The number of hydrogen-bond donors (Lipinski definition) is 2. The van der Waals surface area contributed by atoms with Gasteiger partial charge >= 0.3 is 5.97 Å².